The predicted molar refractivity (Wildman–Crippen MR) is 79.3 cm³/mol. The lowest BCUT2D eigenvalue weighted by atomic mass is 9.70. The van der Waals surface area contributed by atoms with E-state index in [9.17, 15) is 4.79 Å². The van der Waals surface area contributed by atoms with E-state index in [4.69, 9.17) is 0 Å². The molecular weight excluding hydrogens is 262 g/mol. The Morgan fingerprint density at radius 1 is 1.38 bits per heavy atom. The number of hydrogen-bond acceptors (Lipinski definition) is 3. The Balaban J connectivity index is 1.79. The number of carbonyl (C=O) groups excluding carboxylic acids is 1. The van der Waals surface area contributed by atoms with Gasteiger partial charge in [-0.15, -0.1) is 0 Å². The highest BCUT2D eigenvalue weighted by Gasteiger charge is 2.61. The molecule has 0 amide bonds. The van der Waals surface area contributed by atoms with Crippen molar-refractivity contribution in [3.8, 4) is 0 Å². The smallest absolute Gasteiger partial charge is 0.267 e. The second kappa shape index (κ2) is 3.81. The summed E-state index contributed by atoms with van der Waals surface area (Å²) in [6.45, 7) is 6.96. The summed E-state index contributed by atoms with van der Waals surface area (Å²) >= 11 is 0. The van der Waals surface area contributed by atoms with Crippen LogP contribution in [0.15, 0.2) is 30.7 Å². The Morgan fingerprint density at radius 2 is 2.19 bits per heavy atom. The molecule has 2 atom stereocenters. The quantitative estimate of drug-likeness (QED) is 0.806. The summed E-state index contributed by atoms with van der Waals surface area (Å²) in [6.07, 6.45) is 7.57. The molecular formula is C17H19N3O. The van der Waals surface area contributed by atoms with Gasteiger partial charge in [-0.25, -0.2) is 4.68 Å². The summed E-state index contributed by atoms with van der Waals surface area (Å²) in [6, 6.07) is 3.56. The Morgan fingerprint density at radius 3 is 2.86 bits per heavy atom. The molecule has 2 unspecified atom stereocenters. The molecule has 2 aliphatic rings. The molecule has 2 aliphatic carbocycles. The van der Waals surface area contributed by atoms with Gasteiger partial charge in [-0.1, -0.05) is 20.8 Å². The van der Waals surface area contributed by atoms with Crippen molar-refractivity contribution in [1.82, 2.24) is 14.8 Å². The average molecular weight is 281 g/mol. The van der Waals surface area contributed by atoms with Gasteiger partial charge in [0.2, 0.25) is 0 Å². The predicted octanol–water partition coefficient (Wildman–Crippen LogP) is 3.14. The van der Waals surface area contributed by atoms with Crippen LogP contribution in [0.5, 0.6) is 0 Å². The fraction of sp³-hybridized carbons (Fsp3) is 0.471. The largest absolute Gasteiger partial charge is 0.279 e. The number of carbonyl (C=O) groups is 1. The van der Waals surface area contributed by atoms with Crippen molar-refractivity contribution in [3.63, 3.8) is 0 Å². The standard InChI is InChI=1S/C17H19N3O/c1-16(2)13-6-7-17(16,3)14-12(13)10-20(19-14)15(21)11-5-4-8-18-9-11/h4-5,8-10,13H,6-7H2,1-3H3. The lowest BCUT2D eigenvalue weighted by Crippen LogP contribution is -2.32. The maximum Gasteiger partial charge on any atom is 0.279 e. The molecule has 0 aliphatic heterocycles. The van der Waals surface area contributed by atoms with E-state index in [1.807, 2.05) is 6.20 Å². The second-order valence-electron chi connectivity index (χ2n) is 7.07. The zero-order valence-electron chi connectivity index (χ0n) is 12.6. The first-order chi connectivity index (χ1) is 9.95. The average Bonchev–Trinajstić information content (AvgIpc) is 3.05. The summed E-state index contributed by atoms with van der Waals surface area (Å²) < 4.78 is 1.51. The van der Waals surface area contributed by atoms with Crippen LogP contribution < -0.4 is 0 Å². The Hall–Kier alpha value is -1.97. The van der Waals surface area contributed by atoms with E-state index in [1.54, 1.807) is 24.5 Å². The molecule has 0 spiro atoms. The molecule has 1 fully saturated rings. The summed E-state index contributed by atoms with van der Waals surface area (Å²) in [4.78, 5) is 16.5. The van der Waals surface area contributed by atoms with Gasteiger partial charge in [-0.2, -0.15) is 5.10 Å². The summed E-state index contributed by atoms with van der Waals surface area (Å²) in [7, 11) is 0. The maximum atomic E-state index is 12.5. The first-order valence-electron chi connectivity index (χ1n) is 7.50. The summed E-state index contributed by atoms with van der Waals surface area (Å²) in [5, 5.41) is 4.66. The number of hydrogen-bond donors (Lipinski definition) is 0. The van der Waals surface area contributed by atoms with Crippen LogP contribution in [0.25, 0.3) is 0 Å². The van der Waals surface area contributed by atoms with Crippen molar-refractivity contribution in [1.29, 1.82) is 0 Å². The van der Waals surface area contributed by atoms with Crippen LogP contribution in [0.1, 0.15) is 61.1 Å². The highest BCUT2D eigenvalue weighted by atomic mass is 16.2. The van der Waals surface area contributed by atoms with Crippen molar-refractivity contribution in [2.45, 2.75) is 44.9 Å². The van der Waals surface area contributed by atoms with E-state index < -0.39 is 0 Å². The van der Waals surface area contributed by atoms with Gasteiger partial charge in [0.15, 0.2) is 0 Å². The number of nitrogens with zero attached hydrogens (tertiary/aromatic N) is 3. The number of fused-ring (bicyclic) bond motifs is 5. The van der Waals surface area contributed by atoms with Gasteiger partial charge < -0.3 is 0 Å². The van der Waals surface area contributed by atoms with Crippen molar-refractivity contribution in [2.75, 3.05) is 0 Å². The zero-order chi connectivity index (χ0) is 14.8. The fourth-order valence-corrected chi connectivity index (χ4v) is 4.27. The van der Waals surface area contributed by atoms with Gasteiger partial charge in [-0.3, -0.25) is 9.78 Å². The Labute approximate surface area is 124 Å². The molecule has 2 aromatic rings. The van der Waals surface area contributed by atoms with Crippen molar-refractivity contribution >= 4 is 5.91 Å². The van der Waals surface area contributed by atoms with Gasteiger partial charge in [0.1, 0.15) is 0 Å². The molecule has 0 radical (unpaired) electrons. The van der Waals surface area contributed by atoms with Gasteiger partial charge in [-0.05, 0) is 41.9 Å². The van der Waals surface area contributed by atoms with E-state index >= 15 is 0 Å². The summed E-state index contributed by atoms with van der Waals surface area (Å²) in [5.41, 5.74) is 3.30. The molecule has 2 heterocycles. The molecule has 21 heavy (non-hydrogen) atoms. The molecule has 2 bridgehead atoms. The molecule has 108 valence electrons. The van der Waals surface area contributed by atoms with Gasteiger partial charge >= 0.3 is 0 Å². The van der Waals surface area contributed by atoms with E-state index in [2.05, 4.69) is 30.9 Å². The molecule has 4 rings (SSSR count). The minimum Gasteiger partial charge on any atom is -0.267 e. The third-order valence-electron chi connectivity index (χ3n) is 5.98. The summed E-state index contributed by atoms with van der Waals surface area (Å²) in [5.74, 6) is 0.422. The topological polar surface area (TPSA) is 47.8 Å². The van der Waals surface area contributed by atoms with E-state index in [0.29, 0.717) is 11.5 Å². The van der Waals surface area contributed by atoms with Crippen molar-refractivity contribution in [2.24, 2.45) is 5.41 Å². The van der Waals surface area contributed by atoms with Crippen LogP contribution in [0.2, 0.25) is 0 Å². The number of pyridine rings is 1. The monoisotopic (exact) mass is 281 g/mol. The molecule has 4 heteroatoms. The van der Waals surface area contributed by atoms with Crippen LogP contribution in [-0.2, 0) is 5.41 Å². The minimum absolute atomic E-state index is 0.0907. The first-order valence-corrected chi connectivity index (χ1v) is 7.50. The Bertz CT molecular complexity index is 732. The van der Waals surface area contributed by atoms with Crippen LogP contribution >= 0.6 is 0 Å². The van der Waals surface area contributed by atoms with Crippen molar-refractivity contribution in [3.05, 3.63) is 47.5 Å². The molecule has 2 aromatic heterocycles. The van der Waals surface area contributed by atoms with Crippen LogP contribution in [-0.4, -0.2) is 20.7 Å². The van der Waals surface area contributed by atoms with Crippen LogP contribution in [0, 0.1) is 5.41 Å². The van der Waals surface area contributed by atoms with E-state index in [-0.39, 0.29) is 16.7 Å². The highest BCUT2D eigenvalue weighted by molar-refractivity contribution is 5.95. The molecule has 0 N–H and O–H groups in total. The molecule has 1 saturated carbocycles. The van der Waals surface area contributed by atoms with E-state index in [0.717, 1.165) is 12.1 Å². The van der Waals surface area contributed by atoms with Crippen molar-refractivity contribution < 1.29 is 4.79 Å². The number of aromatic nitrogens is 3. The zero-order valence-corrected chi connectivity index (χ0v) is 12.6. The normalized spacial score (nSPS) is 28.6. The SMILES string of the molecule is CC12CCC(c3cn(C(=O)c4cccnc4)nc31)C2(C)C. The number of rotatable bonds is 1. The lowest BCUT2D eigenvalue weighted by molar-refractivity contribution is 0.0941. The van der Waals surface area contributed by atoms with Crippen LogP contribution in [0.4, 0.5) is 0 Å². The van der Waals surface area contributed by atoms with Crippen LogP contribution in [0.3, 0.4) is 0 Å². The third kappa shape index (κ3) is 1.42. The first kappa shape index (κ1) is 12.7. The maximum absolute atomic E-state index is 12.5. The molecule has 0 saturated heterocycles. The lowest BCUT2D eigenvalue weighted by Gasteiger charge is -2.34. The third-order valence-corrected chi connectivity index (χ3v) is 5.98. The Kier molecular flexibility index (Phi) is 2.31. The van der Waals surface area contributed by atoms with Gasteiger partial charge in [0, 0.05) is 24.0 Å². The van der Waals surface area contributed by atoms with E-state index in [1.165, 1.54) is 16.7 Å². The molecule has 4 nitrogen and oxygen atoms in total. The molecule has 0 aromatic carbocycles. The second-order valence-corrected chi connectivity index (χ2v) is 7.07. The van der Waals surface area contributed by atoms with Gasteiger partial charge in [0.05, 0.1) is 11.3 Å². The highest BCUT2D eigenvalue weighted by Crippen LogP contribution is 2.67. The fourth-order valence-electron chi connectivity index (χ4n) is 4.27. The van der Waals surface area contributed by atoms with Gasteiger partial charge in [0.25, 0.3) is 5.91 Å². The minimum atomic E-state index is -0.0988.